The first kappa shape index (κ1) is 20.9. The molecule has 3 aromatic carbocycles. The molecule has 0 fully saturated rings. The highest BCUT2D eigenvalue weighted by Gasteiger charge is 2.25. The number of aryl methyl sites for hydroxylation is 1. The molecule has 0 aliphatic heterocycles. The summed E-state index contributed by atoms with van der Waals surface area (Å²) in [5.74, 6) is 1.19. The van der Waals surface area contributed by atoms with Crippen LogP contribution < -0.4 is 10.1 Å². The van der Waals surface area contributed by atoms with Gasteiger partial charge in [0.2, 0.25) is 5.91 Å². The van der Waals surface area contributed by atoms with Crippen LogP contribution in [0.5, 0.6) is 5.75 Å². The number of carbonyl (C=O) groups excluding carboxylic acids is 1. The molecule has 31 heavy (non-hydrogen) atoms. The third kappa shape index (κ3) is 4.86. The molecule has 4 rings (SSSR count). The fraction of sp³-hybridized carbons (Fsp3) is 0.160. The van der Waals surface area contributed by atoms with Crippen molar-refractivity contribution in [3.63, 3.8) is 0 Å². The summed E-state index contributed by atoms with van der Waals surface area (Å²) in [6, 6.07) is 25.1. The van der Waals surface area contributed by atoms with E-state index in [-0.39, 0.29) is 5.91 Å². The fourth-order valence-corrected chi connectivity index (χ4v) is 4.48. The molecule has 6 heteroatoms. The zero-order chi connectivity index (χ0) is 21.6. The lowest BCUT2D eigenvalue weighted by atomic mass is 10.1. The number of nitrogens with one attached hydrogen (secondary N) is 1. The van der Waals surface area contributed by atoms with Crippen molar-refractivity contribution in [3.05, 3.63) is 90.3 Å². The summed E-state index contributed by atoms with van der Waals surface area (Å²) >= 11 is 1.43. The van der Waals surface area contributed by atoms with E-state index in [2.05, 4.69) is 15.3 Å². The van der Waals surface area contributed by atoms with E-state index in [0.717, 1.165) is 21.5 Å². The van der Waals surface area contributed by atoms with E-state index in [1.807, 2.05) is 92.7 Å². The molecular formula is C25H23N3O2S. The quantitative estimate of drug-likeness (QED) is 0.297. The molecule has 1 N–H and O–H groups in total. The third-order valence-corrected chi connectivity index (χ3v) is 5.95. The van der Waals surface area contributed by atoms with Crippen LogP contribution in [0.4, 0.5) is 5.69 Å². The smallest absolute Gasteiger partial charge is 0.242 e. The third-order valence-electron chi connectivity index (χ3n) is 4.69. The molecule has 0 aliphatic rings. The molecule has 0 radical (unpaired) electrons. The maximum Gasteiger partial charge on any atom is 0.242 e. The Morgan fingerprint density at radius 2 is 1.68 bits per heavy atom. The molecule has 0 saturated carbocycles. The van der Waals surface area contributed by atoms with E-state index in [4.69, 9.17) is 4.74 Å². The predicted molar refractivity (Wildman–Crippen MR) is 126 cm³/mol. The minimum Gasteiger partial charge on any atom is -0.492 e. The van der Waals surface area contributed by atoms with Gasteiger partial charge in [0, 0.05) is 5.39 Å². The topological polar surface area (TPSA) is 64.1 Å². The van der Waals surface area contributed by atoms with Gasteiger partial charge in [-0.2, -0.15) is 0 Å². The van der Waals surface area contributed by atoms with Crippen LogP contribution in [0.2, 0.25) is 0 Å². The van der Waals surface area contributed by atoms with E-state index in [9.17, 15) is 4.79 Å². The molecule has 0 saturated heterocycles. The highest BCUT2D eigenvalue weighted by atomic mass is 32.2. The molecule has 0 spiro atoms. The zero-order valence-electron chi connectivity index (χ0n) is 17.4. The van der Waals surface area contributed by atoms with Gasteiger partial charge in [-0.15, -0.1) is 0 Å². The second kappa shape index (κ2) is 9.62. The molecule has 0 unspecified atom stereocenters. The van der Waals surface area contributed by atoms with Gasteiger partial charge in [-0.25, -0.2) is 9.97 Å². The van der Waals surface area contributed by atoms with Crippen molar-refractivity contribution >= 4 is 34.3 Å². The Morgan fingerprint density at radius 1 is 0.968 bits per heavy atom. The molecule has 4 aromatic rings. The Labute approximate surface area is 185 Å². The zero-order valence-corrected chi connectivity index (χ0v) is 18.2. The van der Waals surface area contributed by atoms with Gasteiger partial charge in [0.1, 0.15) is 21.8 Å². The molecule has 1 amide bonds. The van der Waals surface area contributed by atoms with Crippen molar-refractivity contribution in [2.45, 2.75) is 24.1 Å². The second-order valence-corrected chi connectivity index (χ2v) is 8.01. The summed E-state index contributed by atoms with van der Waals surface area (Å²) in [7, 11) is 0. The van der Waals surface area contributed by atoms with Crippen molar-refractivity contribution in [2.75, 3.05) is 11.9 Å². The van der Waals surface area contributed by atoms with Crippen molar-refractivity contribution in [2.24, 2.45) is 0 Å². The normalized spacial score (nSPS) is 11.8. The minimum absolute atomic E-state index is 0.135. The number of fused-ring (bicyclic) bond motifs is 1. The van der Waals surface area contributed by atoms with E-state index in [1.165, 1.54) is 11.8 Å². The standard InChI is InChI=1S/C25H23N3O2S/c1-3-30-22-16-10-9-15-21(22)28-24(29)23(18-11-5-4-6-12-18)31-25-19-13-7-8-14-20(19)26-17(2)27-25/h4-16,23H,3H2,1-2H3,(H,28,29)/t23-/m0/s1. The Kier molecular flexibility index (Phi) is 6.48. The SMILES string of the molecule is CCOc1ccccc1NC(=O)[C@@H](Sc1nc(C)nc2ccccc12)c1ccccc1. The van der Waals surface area contributed by atoms with Gasteiger partial charge in [0.05, 0.1) is 17.8 Å². The van der Waals surface area contributed by atoms with Crippen LogP contribution in [0.15, 0.2) is 83.9 Å². The number of nitrogens with zero attached hydrogens (tertiary/aromatic N) is 2. The number of benzene rings is 3. The predicted octanol–water partition coefficient (Wildman–Crippen LogP) is 5.81. The van der Waals surface area contributed by atoms with Crippen LogP contribution in [0.25, 0.3) is 10.9 Å². The average molecular weight is 430 g/mol. The molecular weight excluding hydrogens is 406 g/mol. The number of thioether (sulfide) groups is 1. The lowest BCUT2D eigenvalue weighted by Crippen LogP contribution is -2.19. The second-order valence-electron chi connectivity index (χ2n) is 6.92. The van der Waals surface area contributed by atoms with Crippen molar-refractivity contribution in [1.82, 2.24) is 9.97 Å². The summed E-state index contributed by atoms with van der Waals surface area (Å²) in [6.45, 7) is 4.31. The van der Waals surface area contributed by atoms with Crippen LogP contribution in [-0.4, -0.2) is 22.5 Å². The maximum atomic E-state index is 13.5. The Bertz CT molecular complexity index is 1200. The largest absolute Gasteiger partial charge is 0.492 e. The van der Waals surface area contributed by atoms with Crippen molar-refractivity contribution in [1.29, 1.82) is 0 Å². The minimum atomic E-state index is -0.492. The molecule has 156 valence electrons. The maximum absolute atomic E-state index is 13.5. The number of rotatable bonds is 7. The van der Waals surface area contributed by atoms with E-state index in [0.29, 0.717) is 23.9 Å². The van der Waals surface area contributed by atoms with Crippen LogP contribution in [-0.2, 0) is 4.79 Å². The van der Waals surface area contributed by atoms with Crippen LogP contribution in [0.1, 0.15) is 23.6 Å². The van der Waals surface area contributed by atoms with Crippen LogP contribution in [0.3, 0.4) is 0 Å². The summed E-state index contributed by atoms with van der Waals surface area (Å²) in [4.78, 5) is 22.6. The van der Waals surface area contributed by atoms with E-state index in [1.54, 1.807) is 0 Å². The number of anilines is 1. The van der Waals surface area contributed by atoms with Gasteiger partial charge < -0.3 is 10.1 Å². The lowest BCUT2D eigenvalue weighted by Gasteiger charge is -2.19. The molecule has 1 atom stereocenters. The summed E-state index contributed by atoms with van der Waals surface area (Å²) in [6.07, 6.45) is 0. The molecule has 1 aromatic heterocycles. The number of amides is 1. The highest BCUT2D eigenvalue weighted by molar-refractivity contribution is 8.00. The monoisotopic (exact) mass is 429 g/mol. The van der Waals surface area contributed by atoms with Crippen LogP contribution in [0, 0.1) is 6.92 Å². The summed E-state index contributed by atoms with van der Waals surface area (Å²) < 4.78 is 5.67. The van der Waals surface area contributed by atoms with Gasteiger partial charge in [0.25, 0.3) is 0 Å². The first-order chi connectivity index (χ1) is 15.2. The van der Waals surface area contributed by atoms with Crippen molar-refractivity contribution < 1.29 is 9.53 Å². The lowest BCUT2D eigenvalue weighted by molar-refractivity contribution is -0.115. The fourth-order valence-electron chi connectivity index (χ4n) is 3.31. The highest BCUT2D eigenvalue weighted by Crippen LogP contribution is 2.39. The summed E-state index contributed by atoms with van der Waals surface area (Å²) in [5, 5.41) is 4.27. The number of hydrogen-bond acceptors (Lipinski definition) is 5. The van der Waals surface area contributed by atoms with Gasteiger partial charge >= 0.3 is 0 Å². The number of hydrogen-bond donors (Lipinski definition) is 1. The Balaban J connectivity index is 1.71. The number of carbonyl (C=O) groups is 1. The average Bonchev–Trinajstić information content (AvgIpc) is 2.79. The molecule has 0 bridgehead atoms. The number of ether oxygens (including phenoxy) is 1. The van der Waals surface area contributed by atoms with Crippen LogP contribution >= 0.6 is 11.8 Å². The Hall–Kier alpha value is -3.38. The summed E-state index contributed by atoms with van der Waals surface area (Å²) in [5.41, 5.74) is 2.42. The number of para-hydroxylation sites is 3. The van der Waals surface area contributed by atoms with Gasteiger partial charge in [-0.05, 0) is 37.6 Å². The van der Waals surface area contributed by atoms with Gasteiger partial charge in [-0.3, -0.25) is 4.79 Å². The molecule has 1 heterocycles. The van der Waals surface area contributed by atoms with E-state index < -0.39 is 5.25 Å². The first-order valence-electron chi connectivity index (χ1n) is 10.1. The first-order valence-corrected chi connectivity index (χ1v) is 11.0. The Morgan fingerprint density at radius 3 is 2.48 bits per heavy atom. The molecule has 5 nitrogen and oxygen atoms in total. The molecule has 0 aliphatic carbocycles. The number of aromatic nitrogens is 2. The van der Waals surface area contributed by atoms with E-state index >= 15 is 0 Å². The van der Waals surface area contributed by atoms with Crippen molar-refractivity contribution in [3.8, 4) is 5.75 Å². The van der Waals surface area contributed by atoms with Gasteiger partial charge in [0.15, 0.2) is 0 Å². The van der Waals surface area contributed by atoms with Gasteiger partial charge in [-0.1, -0.05) is 72.4 Å².